The Morgan fingerprint density at radius 2 is 1.90 bits per heavy atom. The normalized spacial score (nSPS) is 11.0. The summed E-state index contributed by atoms with van der Waals surface area (Å²) in [6.07, 6.45) is 0.838. The predicted molar refractivity (Wildman–Crippen MR) is 132 cm³/mol. The molecule has 0 spiro atoms. The lowest BCUT2D eigenvalue weighted by molar-refractivity contribution is 0.287. The van der Waals surface area contributed by atoms with E-state index in [2.05, 4.69) is 39.6 Å². The zero-order valence-corrected chi connectivity index (χ0v) is 21.2. The van der Waals surface area contributed by atoms with E-state index in [1.165, 1.54) is 5.56 Å². The summed E-state index contributed by atoms with van der Waals surface area (Å²) in [6.45, 7) is 11.6. The van der Waals surface area contributed by atoms with Crippen molar-refractivity contribution in [3.8, 4) is 11.5 Å². The van der Waals surface area contributed by atoms with Gasteiger partial charge in [-0.2, -0.15) is 0 Å². The molecule has 0 aliphatic heterocycles. The zero-order valence-electron chi connectivity index (χ0n) is 18.0. The Morgan fingerprint density at radius 3 is 2.52 bits per heavy atom. The second kappa shape index (κ2) is 13.6. The summed E-state index contributed by atoms with van der Waals surface area (Å²) < 4.78 is 11.4. The van der Waals surface area contributed by atoms with Gasteiger partial charge in [0.1, 0.15) is 0 Å². The SMILES string of the molecule is CCNC(=NCCc1ccc(OCC)c(OCC)c1)N(C)Cc1csc(C)n1.I. The number of hydrogen-bond acceptors (Lipinski definition) is 5. The summed E-state index contributed by atoms with van der Waals surface area (Å²) in [7, 11) is 2.04. The van der Waals surface area contributed by atoms with Gasteiger partial charge in [0.15, 0.2) is 17.5 Å². The fraction of sp³-hybridized carbons (Fsp3) is 0.524. The summed E-state index contributed by atoms with van der Waals surface area (Å²) >= 11 is 1.68. The first-order valence-corrected chi connectivity index (χ1v) is 10.7. The lowest BCUT2D eigenvalue weighted by atomic mass is 10.1. The molecule has 1 N–H and O–H groups in total. The number of nitrogens with zero attached hydrogens (tertiary/aromatic N) is 3. The van der Waals surface area contributed by atoms with Crippen LogP contribution in [0.3, 0.4) is 0 Å². The van der Waals surface area contributed by atoms with Crippen molar-refractivity contribution >= 4 is 41.3 Å². The number of nitrogens with one attached hydrogen (secondary N) is 1. The lowest BCUT2D eigenvalue weighted by Gasteiger charge is -2.21. The van der Waals surface area contributed by atoms with Crippen LogP contribution in [-0.4, -0.2) is 49.2 Å². The molecular formula is C21H33IN4O2S. The van der Waals surface area contributed by atoms with E-state index in [-0.39, 0.29) is 24.0 Å². The van der Waals surface area contributed by atoms with Gasteiger partial charge in [-0.1, -0.05) is 6.07 Å². The monoisotopic (exact) mass is 532 g/mol. The van der Waals surface area contributed by atoms with Gasteiger partial charge in [-0.25, -0.2) is 4.98 Å². The van der Waals surface area contributed by atoms with Crippen molar-refractivity contribution in [2.24, 2.45) is 4.99 Å². The van der Waals surface area contributed by atoms with E-state index in [0.29, 0.717) is 19.8 Å². The van der Waals surface area contributed by atoms with E-state index in [4.69, 9.17) is 14.5 Å². The van der Waals surface area contributed by atoms with Crippen molar-refractivity contribution in [1.82, 2.24) is 15.2 Å². The Bertz CT molecular complexity index is 767. The molecule has 0 saturated heterocycles. The average Bonchev–Trinajstić information content (AvgIpc) is 3.08. The van der Waals surface area contributed by atoms with Crippen LogP contribution in [0.25, 0.3) is 0 Å². The molecule has 1 heterocycles. The molecule has 0 atom stereocenters. The predicted octanol–water partition coefficient (Wildman–Crippen LogP) is 4.51. The quantitative estimate of drug-likeness (QED) is 0.277. The number of aryl methyl sites for hydroxylation is 1. The minimum Gasteiger partial charge on any atom is -0.490 e. The summed E-state index contributed by atoms with van der Waals surface area (Å²) in [5.74, 6) is 2.49. The van der Waals surface area contributed by atoms with Crippen LogP contribution in [0.5, 0.6) is 11.5 Å². The van der Waals surface area contributed by atoms with Gasteiger partial charge in [0.2, 0.25) is 0 Å². The highest BCUT2D eigenvalue weighted by Gasteiger charge is 2.09. The van der Waals surface area contributed by atoms with Gasteiger partial charge >= 0.3 is 0 Å². The standard InChI is InChI=1S/C21H32N4O2S.HI/c1-6-22-21(25(5)14-18-15-28-16(4)24-18)23-12-11-17-9-10-19(26-7-2)20(13-17)27-8-3;/h9-10,13,15H,6-8,11-12,14H2,1-5H3,(H,22,23);1H. The Labute approximate surface area is 195 Å². The smallest absolute Gasteiger partial charge is 0.194 e. The Morgan fingerprint density at radius 1 is 1.17 bits per heavy atom. The van der Waals surface area contributed by atoms with E-state index in [0.717, 1.165) is 47.7 Å². The molecule has 0 saturated carbocycles. The van der Waals surface area contributed by atoms with Gasteiger partial charge in [-0.05, 0) is 51.8 Å². The van der Waals surface area contributed by atoms with E-state index < -0.39 is 0 Å². The van der Waals surface area contributed by atoms with Crippen LogP contribution in [-0.2, 0) is 13.0 Å². The summed E-state index contributed by atoms with van der Waals surface area (Å²) in [6, 6.07) is 6.12. The van der Waals surface area contributed by atoms with Crippen LogP contribution in [0, 0.1) is 6.92 Å². The molecule has 0 radical (unpaired) electrons. The van der Waals surface area contributed by atoms with Crippen molar-refractivity contribution in [3.63, 3.8) is 0 Å². The van der Waals surface area contributed by atoms with Crippen molar-refractivity contribution in [2.75, 3.05) is 33.4 Å². The third-order valence-corrected chi connectivity index (χ3v) is 4.85. The number of thiazole rings is 1. The first-order chi connectivity index (χ1) is 13.6. The average molecular weight is 532 g/mol. The van der Waals surface area contributed by atoms with Crippen LogP contribution < -0.4 is 14.8 Å². The molecule has 162 valence electrons. The number of aromatic nitrogens is 1. The van der Waals surface area contributed by atoms with Crippen LogP contribution in [0.2, 0.25) is 0 Å². The highest BCUT2D eigenvalue weighted by Crippen LogP contribution is 2.28. The molecule has 2 rings (SSSR count). The van der Waals surface area contributed by atoms with Crippen LogP contribution in [0.4, 0.5) is 0 Å². The molecule has 6 nitrogen and oxygen atoms in total. The maximum Gasteiger partial charge on any atom is 0.194 e. The molecule has 8 heteroatoms. The van der Waals surface area contributed by atoms with Crippen LogP contribution in [0.15, 0.2) is 28.6 Å². The van der Waals surface area contributed by atoms with Crippen molar-refractivity contribution in [2.45, 2.75) is 40.7 Å². The van der Waals surface area contributed by atoms with Gasteiger partial charge in [-0.15, -0.1) is 35.3 Å². The molecule has 2 aromatic rings. The summed E-state index contributed by atoms with van der Waals surface area (Å²) in [4.78, 5) is 11.4. The Balaban J connectivity index is 0.00000420. The fourth-order valence-corrected chi connectivity index (χ4v) is 3.41. The third kappa shape index (κ3) is 8.38. The molecule has 0 aliphatic carbocycles. The Hall–Kier alpha value is -1.55. The highest BCUT2D eigenvalue weighted by atomic mass is 127. The number of ether oxygens (including phenoxy) is 2. The molecule has 0 aliphatic rings. The van der Waals surface area contributed by atoms with E-state index in [1.807, 2.05) is 33.9 Å². The van der Waals surface area contributed by atoms with Gasteiger partial charge in [0.25, 0.3) is 0 Å². The molecule has 0 unspecified atom stereocenters. The number of rotatable bonds is 10. The number of halogens is 1. The van der Waals surface area contributed by atoms with Crippen LogP contribution >= 0.6 is 35.3 Å². The van der Waals surface area contributed by atoms with E-state index in [9.17, 15) is 0 Å². The highest BCUT2D eigenvalue weighted by molar-refractivity contribution is 14.0. The third-order valence-electron chi connectivity index (χ3n) is 4.03. The molecule has 29 heavy (non-hydrogen) atoms. The maximum atomic E-state index is 5.72. The van der Waals surface area contributed by atoms with Crippen molar-refractivity contribution in [3.05, 3.63) is 39.8 Å². The van der Waals surface area contributed by atoms with Crippen molar-refractivity contribution < 1.29 is 9.47 Å². The number of aliphatic imine (C=N–C) groups is 1. The van der Waals surface area contributed by atoms with Gasteiger partial charge in [0.05, 0.1) is 30.5 Å². The number of hydrogen-bond donors (Lipinski definition) is 1. The molecule has 0 bridgehead atoms. The van der Waals surface area contributed by atoms with Gasteiger partial charge < -0.3 is 19.7 Å². The zero-order chi connectivity index (χ0) is 20.4. The fourth-order valence-electron chi connectivity index (χ4n) is 2.81. The molecule has 1 aromatic heterocycles. The molecule has 0 fully saturated rings. The van der Waals surface area contributed by atoms with Crippen molar-refractivity contribution in [1.29, 1.82) is 0 Å². The topological polar surface area (TPSA) is 59.0 Å². The van der Waals surface area contributed by atoms with Gasteiger partial charge in [-0.3, -0.25) is 4.99 Å². The molecule has 1 aromatic carbocycles. The molecule has 0 amide bonds. The van der Waals surface area contributed by atoms with E-state index in [1.54, 1.807) is 11.3 Å². The summed E-state index contributed by atoms with van der Waals surface area (Å²) in [5, 5.41) is 6.55. The van der Waals surface area contributed by atoms with Gasteiger partial charge in [0, 0.05) is 25.5 Å². The minimum absolute atomic E-state index is 0. The first-order valence-electron chi connectivity index (χ1n) is 9.86. The second-order valence-corrected chi connectivity index (χ2v) is 7.41. The largest absolute Gasteiger partial charge is 0.490 e. The summed E-state index contributed by atoms with van der Waals surface area (Å²) in [5.41, 5.74) is 2.26. The first kappa shape index (κ1) is 25.5. The number of benzene rings is 1. The lowest BCUT2D eigenvalue weighted by Crippen LogP contribution is -2.38. The maximum absolute atomic E-state index is 5.72. The van der Waals surface area contributed by atoms with Crippen LogP contribution in [0.1, 0.15) is 37.0 Å². The minimum atomic E-state index is 0. The Kier molecular flexibility index (Phi) is 12.0. The second-order valence-electron chi connectivity index (χ2n) is 6.35. The number of guanidine groups is 1. The van der Waals surface area contributed by atoms with E-state index >= 15 is 0 Å². The molecular weight excluding hydrogens is 499 g/mol.